The first kappa shape index (κ1) is 17.6. The molecule has 2 N–H and O–H groups in total. The number of aliphatic imine (C=N–C) groups is 1. The van der Waals surface area contributed by atoms with Gasteiger partial charge in [0.15, 0.2) is 5.96 Å². The third-order valence-corrected chi connectivity index (χ3v) is 4.27. The molecule has 0 spiro atoms. The van der Waals surface area contributed by atoms with Gasteiger partial charge in [-0.1, -0.05) is 0 Å². The predicted molar refractivity (Wildman–Crippen MR) is 95.5 cm³/mol. The summed E-state index contributed by atoms with van der Waals surface area (Å²) in [5.74, 6) is 3.49. The molecule has 25 heavy (non-hydrogen) atoms. The number of aryl methyl sites for hydroxylation is 1. The average Bonchev–Trinajstić information content (AvgIpc) is 3.30. The number of nitrogens with one attached hydrogen (secondary N) is 2. The first-order valence-electron chi connectivity index (χ1n) is 8.61. The maximum atomic E-state index is 5.89. The zero-order chi connectivity index (χ0) is 17.5. The predicted octanol–water partition coefficient (Wildman–Crippen LogP) is 1.92. The van der Waals surface area contributed by atoms with Crippen LogP contribution in [-0.2, 0) is 11.3 Å². The van der Waals surface area contributed by atoms with E-state index >= 15 is 0 Å². The molecule has 3 rings (SSSR count). The van der Waals surface area contributed by atoms with E-state index in [1.54, 1.807) is 13.3 Å². The molecule has 0 aromatic carbocycles. The quantitative estimate of drug-likeness (QED) is 0.615. The van der Waals surface area contributed by atoms with Gasteiger partial charge in [-0.2, -0.15) is 0 Å². The van der Waals surface area contributed by atoms with Gasteiger partial charge in [-0.15, -0.1) is 0 Å². The summed E-state index contributed by atoms with van der Waals surface area (Å²) in [5, 5.41) is 6.65. The Labute approximate surface area is 148 Å². The fourth-order valence-corrected chi connectivity index (χ4v) is 2.93. The van der Waals surface area contributed by atoms with Crippen molar-refractivity contribution >= 4 is 5.96 Å². The first-order chi connectivity index (χ1) is 12.3. The number of guanidine groups is 1. The molecule has 0 bridgehead atoms. The third kappa shape index (κ3) is 4.87. The Bertz CT molecular complexity index is 660. The second-order valence-corrected chi connectivity index (χ2v) is 6.00. The van der Waals surface area contributed by atoms with Gasteiger partial charge in [0, 0.05) is 26.7 Å². The molecule has 0 aliphatic carbocycles. The van der Waals surface area contributed by atoms with E-state index in [9.17, 15) is 0 Å². The van der Waals surface area contributed by atoms with Gasteiger partial charge in [0.05, 0.1) is 32.1 Å². The van der Waals surface area contributed by atoms with E-state index in [4.69, 9.17) is 13.6 Å². The van der Waals surface area contributed by atoms with Gasteiger partial charge in [-0.25, -0.2) is 0 Å². The number of morpholine rings is 1. The molecule has 2 aromatic heterocycles. The first-order valence-corrected chi connectivity index (χ1v) is 8.61. The Morgan fingerprint density at radius 2 is 2.08 bits per heavy atom. The maximum absolute atomic E-state index is 5.89. The lowest BCUT2D eigenvalue weighted by Crippen LogP contribution is -2.46. The molecule has 2 aromatic rings. The summed E-state index contributed by atoms with van der Waals surface area (Å²) >= 11 is 0. The molecule has 1 saturated heterocycles. The normalized spacial score (nSPS) is 17.4. The van der Waals surface area contributed by atoms with Crippen molar-refractivity contribution in [3.8, 4) is 0 Å². The molecule has 7 heteroatoms. The summed E-state index contributed by atoms with van der Waals surface area (Å²) in [6.07, 6.45) is 1.67. The summed E-state index contributed by atoms with van der Waals surface area (Å²) in [5.41, 5.74) is 0. The molecule has 0 saturated carbocycles. The van der Waals surface area contributed by atoms with Gasteiger partial charge >= 0.3 is 0 Å². The Morgan fingerprint density at radius 3 is 2.72 bits per heavy atom. The van der Waals surface area contributed by atoms with Gasteiger partial charge in [0.2, 0.25) is 0 Å². The van der Waals surface area contributed by atoms with Crippen molar-refractivity contribution < 1.29 is 13.6 Å². The van der Waals surface area contributed by atoms with E-state index in [0.29, 0.717) is 13.1 Å². The Balaban J connectivity index is 1.60. The largest absolute Gasteiger partial charge is 0.467 e. The highest BCUT2D eigenvalue weighted by Gasteiger charge is 2.25. The van der Waals surface area contributed by atoms with Gasteiger partial charge in [0.25, 0.3) is 0 Å². The number of ether oxygens (including phenoxy) is 1. The lowest BCUT2D eigenvalue weighted by Gasteiger charge is -2.33. The van der Waals surface area contributed by atoms with E-state index in [-0.39, 0.29) is 6.04 Å². The topological polar surface area (TPSA) is 75.2 Å². The number of hydrogen-bond donors (Lipinski definition) is 2. The molecule has 1 atom stereocenters. The van der Waals surface area contributed by atoms with Crippen LogP contribution in [0.4, 0.5) is 0 Å². The molecule has 136 valence electrons. The molecule has 1 aliphatic rings. The minimum Gasteiger partial charge on any atom is -0.467 e. The molecule has 3 heterocycles. The zero-order valence-electron chi connectivity index (χ0n) is 14.8. The lowest BCUT2D eigenvalue weighted by atomic mass is 10.1. The van der Waals surface area contributed by atoms with Crippen LogP contribution in [0, 0.1) is 6.92 Å². The molecule has 1 fully saturated rings. The van der Waals surface area contributed by atoms with E-state index in [0.717, 1.165) is 49.5 Å². The van der Waals surface area contributed by atoms with Crippen LogP contribution in [0.3, 0.4) is 0 Å². The van der Waals surface area contributed by atoms with E-state index in [1.807, 2.05) is 25.1 Å². The van der Waals surface area contributed by atoms with Gasteiger partial charge in [-0.3, -0.25) is 9.89 Å². The van der Waals surface area contributed by atoms with Gasteiger partial charge in [0.1, 0.15) is 17.3 Å². The van der Waals surface area contributed by atoms with Crippen molar-refractivity contribution in [3.05, 3.63) is 47.8 Å². The smallest absolute Gasteiger partial charge is 0.191 e. The van der Waals surface area contributed by atoms with Crippen molar-refractivity contribution in [2.45, 2.75) is 19.5 Å². The monoisotopic (exact) mass is 346 g/mol. The Kier molecular flexibility index (Phi) is 6.14. The third-order valence-electron chi connectivity index (χ3n) is 4.27. The lowest BCUT2D eigenvalue weighted by molar-refractivity contribution is 0.0124. The highest BCUT2D eigenvalue weighted by Crippen LogP contribution is 2.23. The second kappa shape index (κ2) is 8.73. The summed E-state index contributed by atoms with van der Waals surface area (Å²) in [7, 11) is 1.76. The van der Waals surface area contributed by atoms with Gasteiger partial charge < -0.3 is 24.2 Å². The van der Waals surface area contributed by atoms with E-state index in [1.165, 1.54) is 0 Å². The van der Waals surface area contributed by atoms with Crippen LogP contribution in [0.5, 0.6) is 0 Å². The fraction of sp³-hybridized carbons (Fsp3) is 0.500. The number of furan rings is 2. The van der Waals surface area contributed by atoms with Crippen LogP contribution in [0.1, 0.15) is 23.3 Å². The van der Waals surface area contributed by atoms with Crippen LogP contribution in [0.2, 0.25) is 0 Å². The SMILES string of the molecule is CN=C(NCc1ccco1)NCC(c1ccc(C)o1)N1CCOCC1. The average molecular weight is 346 g/mol. The molecular formula is C18H26N4O3. The molecule has 0 amide bonds. The molecule has 1 unspecified atom stereocenters. The van der Waals surface area contributed by atoms with E-state index < -0.39 is 0 Å². The highest BCUT2D eigenvalue weighted by atomic mass is 16.5. The minimum absolute atomic E-state index is 0.139. The Hall–Kier alpha value is -2.25. The maximum Gasteiger partial charge on any atom is 0.191 e. The zero-order valence-corrected chi connectivity index (χ0v) is 14.8. The molecule has 1 aliphatic heterocycles. The Morgan fingerprint density at radius 1 is 1.24 bits per heavy atom. The summed E-state index contributed by atoms with van der Waals surface area (Å²) in [4.78, 5) is 6.67. The number of hydrogen-bond acceptors (Lipinski definition) is 5. The van der Waals surface area contributed by atoms with Crippen LogP contribution in [0.25, 0.3) is 0 Å². The van der Waals surface area contributed by atoms with E-state index in [2.05, 4.69) is 26.6 Å². The van der Waals surface area contributed by atoms with Crippen LogP contribution in [0.15, 0.2) is 44.4 Å². The summed E-state index contributed by atoms with van der Waals surface area (Å²) < 4.78 is 16.7. The standard InChI is InChI=1S/C18H26N4O3/c1-14-5-6-17(25-14)16(22-7-10-23-11-8-22)13-21-18(19-2)20-12-15-4-3-9-24-15/h3-6,9,16H,7-8,10-13H2,1-2H3,(H2,19,20,21). The number of rotatable bonds is 6. The number of nitrogens with zero attached hydrogens (tertiary/aromatic N) is 2. The fourth-order valence-electron chi connectivity index (χ4n) is 2.93. The second-order valence-electron chi connectivity index (χ2n) is 6.00. The summed E-state index contributed by atoms with van der Waals surface area (Å²) in [6, 6.07) is 8.01. The highest BCUT2D eigenvalue weighted by molar-refractivity contribution is 5.79. The van der Waals surface area contributed by atoms with Crippen molar-refractivity contribution in [3.63, 3.8) is 0 Å². The summed E-state index contributed by atoms with van der Waals surface area (Å²) in [6.45, 7) is 6.55. The molecule has 0 radical (unpaired) electrons. The van der Waals surface area contributed by atoms with Gasteiger partial charge in [-0.05, 0) is 31.2 Å². The molecular weight excluding hydrogens is 320 g/mol. The van der Waals surface area contributed by atoms with Crippen LogP contribution in [-0.4, -0.2) is 50.8 Å². The minimum atomic E-state index is 0.139. The van der Waals surface area contributed by atoms with Crippen LogP contribution >= 0.6 is 0 Å². The molecule has 7 nitrogen and oxygen atoms in total. The van der Waals surface area contributed by atoms with Crippen molar-refractivity contribution in [1.82, 2.24) is 15.5 Å². The van der Waals surface area contributed by atoms with Crippen molar-refractivity contribution in [1.29, 1.82) is 0 Å². The van der Waals surface area contributed by atoms with Crippen molar-refractivity contribution in [2.75, 3.05) is 39.9 Å². The van der Waals surface area contributed by atoms with Crippen LogP contribution < -0.4 is 10.6 Å². The van der Waals surface area contributed by atoms with Crippen molar-refractivity contribution in [2.24, 2.45) is 4.99 Å².